The monoisotopic (exact) mass is 253 g/mol. The van der Waals surface area contributed by atoms with Crippen LogP contribution in [0.25, 0.3) is 0 Å². The predicted octanol–water partition coefficient (Wildman–Crippen LogP) is 0.976. The van der Waals surface area contributed by atoms with Gasteiger partial charge < -0.3 is 24.2 Å². The van der Waals surface area contributed by atoms with E-state index in [1.807, 2.05) is 18.2 Å². The van der Waals surface area contributed by atoms with E-state index in [0.717, 1.165) is 5.56 Å². The second-order valence-electron chi connectivity index (χ2n) is 3.88. The normalized spacial score (nSPS) is 12.3. The summed E-state index contributed by atoms with van der Waals surface area (Å²) in [5.41, 5.74) is 0.919. The Morgan fingerprint density at radius 2 is 2.22 bits per heavy atom. The molecule has 18 heavy (non-hydrogen) atoms. The number of amides is 1. The molecule has 1 aromatic carbocycles. The van der Waals surface area contributed by atoms with Crippen LogP contribution in [-0.2, 0) is 11.3 Å². The Balaban J connectivity index is 1.94. The second-order valence-corrected chi connectivity index (χ2v) is 3.88. The van der Waals surface area contributed by atoms with Crippen LogP contribution >= 0.6 is 0 Å². The van der Waals surface area contributed by atoms with Gasteiger partial charge >= 0.3 is 6.09 Å². The van der Waals surface area contributed by atoms with E-state index >= 15 is 0 Å². The van der Waals surface area contributed by atoms with Crippen molar-refractivity contribution >= 4 is 6.09 Å². The first-order valence-corrected chi connectivity index (χ1v) is 5.58. The molecule has 0 atom stereocenters. The zero-order valence-electron chi connectivity index (χ0n) is 10.1. The van der Waals surface area contributed by atoms with Gasteiger partial charge in [-0.1, -0.05) is 6.07 Å². The minimum absolute atomic E-state index is 0.00428. The standard InChI is InChI=1S/C12H15NO5/c1-13(12(15)16-5-4-14)7-9-2-3-10-11(6-9)18-8-17-10/h2-3,6,14H,4-5,7-8H2,1H3. The van der Waals surface area contributed by atoms with E-state index in [2.05, 4.69) is 0 Å². The summed E-state index contributed by atoms with van der Waals surface area (Å²) in [6.07, 6.45) is -0.471. The van der Waals surface area contributed by atoms with Crippen molar-refractivity contribution in [1.29, 1.82) is 0 Å². The van der Waals surface area contributed by atoms with Crippen molar-refractivity contribution in [3.05, 3.63) is 23.8 Å². The maximum atomic E-state index is 11.5. The average Bonchev–Trinajstić information content (AvgIpc) is 2.83. The summed E-state index contributed by atoms with van der Waals surface area (Å²) in [6, 6.07) is 5.51. The van der Waals surface area contributed by atoms with Gasteiger partial charge in [0.05, 0.1) is 6.61 Å². The third-order valence-corrected chi connectivity index (χ3v) is 2.49. The molecule has 1 heterocycles. The number of nitrogens with zero attached hydrogens (tertiary/aromatic N) is 1. The molecular weight excluding hydrogens is 238 g/mol. The molecule has 0 unspecified atom stereocenters. The van der Waals surface area contributed by atoms with Gasteiger partial charge in [0, 0.05) is 13.6 Å². The number of aliphatic hydroxyl groups excluding tert-OH is 1. The van der Waals surface area contributed by atoms with E-state index in [0.29, 0.717) is 18.0 Å². The fourth-order valence-electron chi connectivity index (χ4n) is 1.62. The number of ether oxygens (including phenoxy) is 3. The lowest BCUT2D eigenvalue weighted by atomic mass is 10.2. The van der Waals surface area contributed by atoms with E-state index in [1.54, 1.807) is 7.05 Å². The predicted molar refractivity (Wildman–Crippen MR) is 62.5 cm³/mol. The number of benzene rings is 1. The Hall–Kier alpha value is -1.95. The molecule has 6 nitrogen and oxygen atoms in total. The number of fused-ring (bicyclic) bond motifs is 1. The fourth-order valence-corrected chi connectivity index (χ4v) is 1.62. The molecule has 0 saturated carbocycles. The molecule has 1 aliphatic rings. The maximum absolute atomic E-state index is 11.5. The van der Waals surface area contributed by atoms with Crippen LogP contribution in [-0.4, -0.2) is 43.2 Å². The van der Waals surface area contributed by atoms with Gasteiger partial charge in [0.1, 0.15) is 6.61 Å². The molecule has 0 saturated heterocycles. The fraction of sp³-hybridized carbons (Fsp3) is 0.417. The number of aliphatic hydroxyl groups is 1. The summed E-state index contributed by atoms with van der Waals surface area (Å²) in [6.45, 7) is 0.460. The van der Waals surface area contributed by atoms with Gasteiger partial charge in [0.25, 0.3) is 0 Å². The lowest BCUT2D eigenvalue weighted by Crippen LogP contribution is -2.27. The first-order valence-electron chi connectivity index (χ1n) is 5.58. The van der Waals surface area contributed by atoms with E-state index in [9.17, 15) is 4.79 Å². The van der Waals surface area contributed by atoms with Gasteiger partial charge in [-0.3, -0.25) is 0 Å². The van der Waals surface area contributed by atoms with Crippen molar-refractivity contribution in [2.75, 3.05) is 27.1 Å². The molecular formula is C12H15NO5. The Morgan fingerprint density at radius 3 is 3.00 bits per heavy atom. The molecule has 1 aromatic rings. The SMILES string of the molecule is CN(Cc1ccc2c(c1)OCO2)C(=O)OCCO. The largest absolute Gasteiger partial charge is 0.454 e. The summed E-state index contributed by atoms with van der Waals surface area (Å²) < 4.78 is 15.3. The minimum atomic E-state index is -0.471. The Morgan fingerprint density at radius 1 is 1.44 bits per heavy atom. The van der Waals surface area contributed by atoms with E-state index < -0.39 is 6.09 Å². The van der Waals surface area contributed by atoms with Crippen molar-refractivity contribution in [3.63, 3.8) is 0 Å². The smallest absolute Gasteiger partial charge is 0.409 e. The Kier molecular flexibility index (Phi) is 3.88. The van der Waals surface area contributed by atoms with Crippen LogP contribution in [0, 0.1) is 0 Å². The molecule has 0 spiro atoms. The first kappa shape index (κ1) is 12.5. The molecule has 1 N–H and O–H groups in total. The minimum Gasteiger partial charge on any atom is -0.454 e. The highest BCUT2D eigenvalue weighted by Crippen LogP contribution is 2.32. The second kappa shape index (κ2) is 5.59. The van der Waals surface area contributed by atoms with Crippen LogP contribution in [0.15, 0.2) is 18.2 Å². The molecule has 1 amide bonds. The van der Waals surface area contributed by atoms with Crippen LogP contribution < -0.4 is 9.47 Å². The van der Waals surface area contributed by atoms with Gasteiger partial charge in [-0.25, -0.2) is 4.79 Å². The molecule has 0 bridgehead atoms. The van der Waals surface area contributed by atoms with Crippen molar-refractivity contribution in [2.45, 2.75) is 6.54 Å². The molecule has 0 aromatic heterocycles. The highest BCUT2D eigenvalue weighted by Gasteiger charge is 2.15. The number of hydrogen-bond donors (Lipinski definition) is 1. The first-order chi connectivity index (χ1) is 8.70. The van der Waals surface area contributed by atoms with Crippen LogP contribution in [0.5, 0.6) is 11.5 Å². The van der Waals surface area contributed by atoms with Crippen molar-refractivity contribution in [1.82, 2.24) is 4.90 Å². The summed E-state index contributed by atoms with van der Waals surface area (Å²) in [4.78, 5) is 12.9. The number of rotatable bonds is 4. The van der Waals surface area contributed by atoms with E-state index in [4.69, 9.17) is 19.3 Å². The lowest BCUT2D eigenvalue weighted by molar-refractivity contribution is 0.0893. The van der Waals surface area contributed by atoms with Gasteiger partial charge in [0.2, 0.25) is 6.79 Å². The molecule has 0 fully saturated rings. The summed E-state index contributed by atoms with van der Waals surface area (Å²) in [7, 11) is 1.63. The van der Waals surface area contributed by atoms with Crippen LogP contribution in [0.3, 0.4) is 0 Å². The van der Waals surface area contributed by atoms with Crippen molar-refractivity contribution in [3.8, 4) is 11.5 Å². The van der Waals surface area contributed by atoms with E-state index in [-0.39, 0.29) is 20.0 Å². The zero-order chi connectivity index (χ0) is 13.0. The number of hydrogen-bond acceptors (Lipinski definition) is 5. The Bertz CT molecular complexity index is 434. The van der Waals surface area contributed by atoms with Crippen molar-refractivity contribution < 1.29 is 24.1 Å². The van der Waals surface area contributed by atoms with Gasteiger partial charge in [-0.15, -0.1) is 0 Å². The maximum Gasteiger partial charge on any atom is 0.409 e. The molecule has 1 aliphatic heterocycles. The topological polar surface area (TPSA) is 68.2 Å². The van der Waals surface area contributed by atoms with Crippen LogP contribution in [0.4, 0.5) is 4.79 Å². The van der Waals surface area contributed by atoms with E-state index in [1.165, 1.54) is 4.90 Å². The molecule has 6 heteroatoms. The van der Waals surface area contributed by atoms with Crippen molar-refractivity contribution in [2.24, 2.45) is 0 Å². The zero-order valence-corrected chi connectivity index (χ0v) is 10.1. The highest BCUT2D eigenvalue weighted by molar-refractivity contribution is 5.67. The molecule has 98 valence electrons. The number of carbonyl (C=O) groups is 1. The van der Waals surface area contributed by atoms with Gasteiger partial charge in [0.15, 0.2) is 11.5 Å². The van der Waals surface area contributed by atoms with Crippen LogP contribution in [0.2, 0.25) is 0 Å². The third kappa shape index (κ3) is 2.84. The number of carbonyl (C=O) groups excluding carboxylic acids is 1. The third-order valence-electron chi connectivity index (χ3n) is 2.49. The lowest BCUT2D eigenvalue weighted by Gasteiger charge is -2.16. The van der Waals surface area contributed by atoms with Crippen LogP contribution in [0.1, 0.15) is 5.56 Å². The molecule has 0 aliphatic carbocycles. The molecule has 0 radical (unpaired) electrons. The molecule has 2 rings (SSSR count). The summed E-state index contributed by atoms with van der Waals surface area (Å²) >= 11 is 0. The summed E-state index contributed by atoms with van der Waals surface area (Å²) in [5, 5.41) is 8.57. The Labute approximate surface area is 105 Å². The van der Waals surface area contributed by atoms with Gasteiger partial charge in [-0.2, -0.15) is 0 Å². The highest BCUT2D eigenvalue weighted by atomic mass is 16.7. The van der Waals surface area contributed by atoms with Gasteiger partial charge in [-0.05, 0) is 17.7 Å². The average molecular weight is 253 g/mol. The quantitative estimate of drug-likeness (QED) is 0.866. The summed E-state index contributed by atoms with van der Waals surface area (Å²) in [5.74, 6) is 1.40.